The van der Waals surface area contributed by atoms with E-state index in [4.69, 9.17) is 16.3 Å². The van der Waals surface area contributed by atoms with Gasteiger partial charge in [-0.25, -0.2) is 0 Å². The zero-order valence-electron chi connectivity index (χ0n) is 10.6. The molecule has 3 aromatic rings. The van der Waals surface area contributed by atoms with E-state index in [1.807, 2.05) is 24.3 Å². The smallest absolute Gasteiger partial charge is 0.202 e. The molecule has 0 fully saturated rings. The summed E-state index contributed by atoms with van der Waals surface area (Å²) in [7, 11) is 0. The number of fused-ring (bicyclic) bond motifs is 1. The van der Waals surface area contributed by atoms with Gasteiger partial charge in [0.05, 0.1) is 0 Å². The zero-order valence-corrected chi connectivity index (χ0v) is 11.4. The molecule has 0 spiro atoms. The SMILES string of the molecule is O=C(COc1ccc(Cl)cc1)c1c[nH]c2ccccc12. The summed E-state index contributed by atoms with van der Waals surface area (Å²) < 4.78 is 5.47. The van der Waals surface area contributed by atoms with Crippen LogP contribution in [-0.2, 0) is 0 Å². The van der Waals surface area contributed by atoms with Gasteiger partial charge in [-0.05, 0) is 30.3 Å². The van der Waals surface area contributed by atoms with Crippen LogP contribution in [-0.4, -0.2) is 17.4 Å². The fourth-order valence-corrected chi connectivity index (χ4v) is 2.19. The van der Waals surface area contributed by atoms with Crippen molar-refractivity contribution in [1.82, 2.24) is 4.98 Å². The van der Waals surface area contributed by atoms with Gasteiger partial charge < -0.3 is 9.72 Å². The Kier molecular flexibility index (Phi) is 3.44. The largest absolute Gasteiger partial charge is 0.485 e. The van der Waals surface area contributed by atoms with E-state index < -0.39 is 0 Å². The molecule has 1 N–H and O–H groups in total. The third kappa shape index (κ3) is 2.53. The number of aromatic amines is 1. The maximum absolute atomic E-state index is 12.2. The second-order valence-electron chi connectivity index (χ2n) is 4.41. The molecule has 0 radical (unpaired) electrons. The van der Waals surface area contributed by atoms with Gasteiger partial charge in [-0.1, -0.05) is 29.8 Å². The van der Waals surface area contributed by atoms with Crippen molar-refractivity contribution in [3.63, 3.8) is 0 Å². The minimum atomic E-state index is -0.0580. The molecule has 0 aliphatic heterocycles. The van der Waals surface area contributed by atoms with E-state index in [0.717, 1.165) is 10.9 Å². The van der Waals surface area contributed by atoms with Gasteiger partial charge in [0.15, 0.2) is 6.61 Å². The summed E-state index contributed by atoms with van der Waals surface area (Å²) in [5.41, 5.74) is 1.59. The van der Waals surface area contributed by atoms with Crippen LogP contribution >= 0.6 is 11.6 Å². The molecule has 0 aliphatic carbocycles. The quantitative estimate of drug-likeness (QED) is 0.734. The van der Waals surface area contributed by atoms with Crippen molar-refractivity contribution in [3.8, 4) is 5.75 Å². The lowest BCUT2D eigenvalue weighted by Crippen LogP contribution is -2.11. The normalized spacial score (nSPS) is 10.7. The van der Waals surface area contributed by atoms with E-state index in [9.17, 15) is 4.79 Å². The number of halogens is 1. The van der Waals surface area contributed by atoms with Crippen LogP contribution in [0, 0.1) is 0 Å². The van der Waals surface area contributed by atoms with Gasteiger partial charge >= 0.3 is 0 Å². The highest BCUT2D eigenvalue weighted by atomic mass is 35.5. The molecule has 0 amide bonds. The second-order valence-corrected chi connectivity index (χ2v) is 4.85. The number of hydrogen-bond donors (Lipinski definition) is 1. The maximum Gasteiger partial charge on any atom is 0.202 e. The molecular weight excluding hydrogens is 274 g/mol. The molecule has 2 aromatic carbocycles. The Labute approximate surface area is 121 Å². The molecule has 1 heterocycles. The van der Waals surface area contributed by atoms with E-state index in [2.05, 4.69) is 4.98 Å². The van der Waals surface area contributed by atoms with Crippen LogP contribution in [0.3, 0.4) is 0 Å². The predicted octanol–water partition coefficient (Wildman–Crippen LogP) is 4.08. The third-order valence-electron chi connectivity index (χ3n) is 3.07. The Balaban J connectivity index is 1.75. The van der Waals surface area contributed by atoms with Gasteiger partial charge in [0.2, 0.25) is 5.78 Å². The summed E-state index contributed by atoms with van der Waals surface area (Å²) in [6.07, 6.45) is 1.72. The molecular formula is C16H12ClNO2. The van der Waals surface area contributed by atoms with Crippen LogP contribution in [0.5, 0.6) is 5.75 Å². The summed E-state index contributed by atoms with van der Waals surface area (Å²) in [6.45, 7) is 0.00345. The van der Waals surface area contributed by atoms with Crippen molar-refractivity contribution < 1.29 is 9.53 Å². The fraction of sp³-hybridized carbons (Fsp3) is 0.0625. The number of H-pyrrole nitrogens is 1. The van der Waals surface area contributed by atoms with Crippen molar-refractivity contribution >= 4 is 28.3 Å². The van der Waals surface area contributed by atoms with Crippen molar-refractivity contribution in [3.05, 3.63) is 65.3 Å². The Morgan fingerprint density at radius 2 is 1.85 bits per heavy atom. The first kappa shape index (κ1) is 12.8. The number of ketones is 1. The highest BCUT2D eigenvalue weighted by Crippen LogP contribution is 2.19. The zero-order chi connectivity index (χ0) is 13.9. The fourth-order valence-electron chi connectivity index (χ4n) is 2.06. The van der Waals surface area contributed by atoms with Gasteiger partial charge in [-0.3, -0.25) is 4.79 Å². The molecule has 3 rings (SSSR count). The van der Waals surface area contributed by atoms with Gasteiger partial charge in [0.25, 0.3) is 0 Å². The van der Waals surface area contributed by atoms with E-state index in [0.29, 0.717) is 16.3 Å². The molecule has 4 heteroatoms. The molecule has 0 atom stereocenters. The molecule has 20 heavy (non-hydrogen) atoms. The van der Waals surface area contributed by atoms with Gasteiger partial charge in [-0.15, -0.1) is 0 Å². The lowest BCUT2D eigenvalue weighted by Gasteiger charge is -2.05. The van der Waals surface area contributed by atoms with E-state index in [-0.39, 0.29) is 12.4 Å². The molecule has 0 bridgehead atoms. The molecule has 0 unspecified atom stereocenters. The highest BCUT2D eigenvalue weighted by Gasteiger charge is 2.12. The molecule has 100 valence electrons. The lowest BCUT2D eigenvalue weighted by atomic mass is 10.1. The van der Waals surface area contributed by atoms with E-state index in [1.54, 1.807) is 30.5 Å². The molecule has 0 saturated carbocycles. The predicted molar refractivity (Wildman–Crippen MR) is 79.6 cm³/mol. The average Bonchev–Trinajstić information content (AvgIpc) is 2.90. The molecule has 3 nitrogen and oxygen atoms in total. The van der Waals surface area contributed by atoms with E-state index >= 15 is 0 Å². The van der Waals surface area contributed by atoms with Crippen LogP contribution in [0.15, 0.2) is 54.7 Å². The monoisotopic (exact) mass is 285 g/mol. The van der Waals surface area contributed by atoms with Crippen LogP contribution in [0.2, 0.25) is 5.02 Å². The Morgan fingerprint density at radius 3 is 2.65 bits per heavy atom. The Bertz CT molecular complexity index is 747. The minimum absolute atomic E-state index is 0.00345. The van der Waals surface area contributed by atoms with Gasteiger partial charge in [0.1, 0.15) is 5.75 Å². The number of Topliss-reactive ketones (excluding diaryl/α,β-unsaturated/α-hetero) is 1. The Morgan fingerprint density at radius 1 is 1.10 bits per heavy atom. The number of carbonyl (C=O) groups excluding carboxylic acids is 1. The van der Waals surface area contributed by atoms with Gasteiger partial charge in [0, 0.05) is 27.7 Å². The van der Waals surface area contributed by atoms with Crippen LogP contribution in [0.25, 0.3) is 10.9 Å². The number of carbonyl (C=O) groups is 1. The molecule has 0 aliphatic rings. The topological polar surface area (TPSA) is 42.1 Å². The second kappa shape index (κ2) is 5.39. The number of nitrogens with one attached hydrogen (secondary N) is 1. The average molecular weight is 286 g/mol. The third-order valence-corrected chi connectivity index (χ3v) is 3.33. The molecule has 1 aromatic heterocycles. The number of aromatic nitrogens is 1. The number of para-hydroxylation sites is 1. The number of rotatable bonds is 4. The number of benzene rings is 2. The highest BCUT2D eigenvalue weighted by molar-refractivity contribution is 6.30. The first-order valence-electron chi connectivity index (χ1n) is 6.22. The Hall–Kier alpha value is -2.26. The van der Waals surface area contributed by atoms with Crippen LogP contribution in [0.4, 0.5) is 0 Å². The summed E-state index contributed by atoms with van der Waals surface area (Å²) in [5.74, 6) is 0.569. The summed E-state index contributed by atoms with van der Waals surface area (Å²) in [4.78, 5) is 15.3. The number of hydrogen-bond acceptors (Lipinski definition) is 2. The van der Waals surface area contributed by atoms with E-state index in [1.165, 1.54) is 0 Å². The summed E-state index contributed by atoms with van der Waals surface area (Å²) in [6, 6.07) is 14.6. The van der Waals surface area contributed by atoms with Crippen molar-refractivity contribution in [2.75, 3.05) is 6.61 Å². The van der Waals surface area contributed by atoms with Gasteiger partial charge in [-0.2, -0.15) is 0 Å². The summed E-state index contributed by atoms with van der Waals surface area (Å²) >= 11 is 5.79. The first-order chi connectivity index (χ1) is 9.74. The first-order valence-corrected chi connectivity index (χ1v) is 6.59. The lowest BCUT2D eigenvalue weighted by molar-refractivity contribution is 0.0923. The standard InChI is InChI=1S/C16H12ClNO2/c17-11-5-7-12(8-6-11)20-10-16(19)14-9-18-15-4-2-1-3-13(14)15/h1-9,18H,10H2. The van der Waals surface area contributed by atoms with Crippen molar-refractivity contribution in [2.45, 2.75) is 0 Å². The summed E-state index contributed by atoms with van der Waals surface area (Å²) in [5, 5.41) is 1.55. The van der Waals surface area contributed by atoms with Crippen molar-refractivity contribution in [2.24, 2.45) is 0 Å². The van der Waals surface area contributed by atoms with Crippen LogP contribution < -0.4 is 4.74 Å². The molecule has 0 saturated heterocycles. The van der Waals surface area contributed by atoms with Crippen molar-refractivity contribution in [1.29, 1.82) is 0 Å². The van der Waals surface area contributed by atoms with Crippen LogP contribution in [0.1, 0.15) is 10.4 Å². The maximum atomic E-state index is 12.2. The minimum Gasteiger partial charge on any atom is -0.485 e. The number of ether oxygens (including phenoxy) is 1.